The standard InChI is InChI=1S/C20H30N2/c1-18(2)8-7-9-19(3)12-13-21-14-16-22(17-15-21)20-10-5-4-6-11-20/h4-6,8,10-12H,7,9,13-17H2,1-3H3/p+1/b19-12+. The number of allylic oxidation sites excluding steroid dienone is 3. The van der Waals surface area contributed by atoms with Gasteiger partial charge in [0.1, 0.15) is 0 Å². The van der Waals surface area contributed by atoms with Gasteiger partial charge >= 0.3 is 0 Å². The predicted octanol–water partition coefficient (Wildman–Crippen LogP) is 3.08. The minimum absolute atomic E-state index is 1.17. The van der Waals surface area contributed by atoms with Gasteiger partial charge in [0.05, 0.1) is 32.7 Å². The van der Waals surface area contributed by atoms with Crippen molar-refractivity contribution in [2.75, 3.05) is 37.6 Å². The molecule has 1 aromatic carbocycles. The van der Waals surface area contributed by atoms with Crippen LogP contribution in [-0.4, -0.2) is 32.7 Å². The van der Waals surface area contributed by atoms with Crippen LogP contribution in [0.4, 0.5) is 5.69 Å². The molecule has 22 heavy (non-hydrogen) atoms. The van der Waals surface area contributed by atoms with Crippen LogP contribution in [-0.2, 0) is 0 Å². The average Bonchev–Trinajstić information content (AvgIpc) is 2.54. The molecule has 0 aliphatic carbocycles. The summed E-state index contributed by atoms with van der Waals surface area (Å²) in [6.07, 6.45) is 7.17. The second-order valence-corrected chi connectivity index (χ2v) is 6.65. The molecular formula is C20H31N2+. The fraction of sp³-hybridized carbons (Fsp3) is 0.500. The Balaban J connectivity index is 1.72. The van der Waals surface area contributed by atoms with Crippen LogP contribution in [0.1, 0.15) is 33.6 Å². The molecule has 2 rings (SSSR count). The summed E-state index contributed by atoms with van der Waals surface area (Å²) in [4.78, 5) is 4.23. The van der Waals surface area contributed by atoms with Crippen LogP contribution < -0.4 is 9.80 Å². The molecule has 1 aromatic rings. The van der Waals surface area contributed by atoms with Gasteiger partial charge in [0, 0.05) is 5.69 Å². The number of benzene rings is 1. The predicted molar refractivity (Wildman–Crippen MR) is 96.6 cm³/mol. The lowest BCUT2D eigenvalue weighted by atomic mass is 10.1. The fourth-order valence-electron chi connectivity index (χ4n) is 2.93. The van der Waals surface area contributed by atoms with E-state index in [1.807, 2.05) is 0 Å². The number of hydrogen-bond donors (Lipinski definition) is 1. The number of nitrogens with zero attached hydrogens (tertiary/aromatic N) is 1. The van der Waals surface area contributed by atoms with E-state index in [4.69, 9.17) is 0 Å². The summed E-state index contributed by atoms with van der Waals surface area (Å²) in [5, 5.41) is 0. The Morgan fingerprint density at radius 2 is 1.73 bits per heavy atom. The number of quaternary nitrogens is 1. The number of hydrogen-bond acceptors (Lipinski definition) is 1. The Bertz CT molecular complexity index is 490. The average molecular weight is 299 g/mol. The summed E-state index contributed by atoms with van der Waals surface area (Å²) >= 11 is 0. The SMILES string of the molecule is CC(C)=CCC/C(C)=C/C[NH+]1CCN(c2ccccc2)CC1. The molecule has 0 bridgehead atoms. The van der Waals surface area contributed by atoms with Crippen LogP contribution in [0.25, 0.3) is 0 Å². The smallest absolute Gasteiger partial charge is 0.0961 e. The molecule has 1 N–H and O–H groups in total. The molecule has 0 saturated carbocycles. The van der Waals surface area contributed by atoms with Crippen LogP contribution in [0.15, 0.2) is 53.6 Å². The highest BCUT2D eigenvalue weighted by Crippen LogP contribution is 2.12. The van der Waals surface area contributed by atoms with Crippen LogP contribution in [0, 0.1) is 0 Å². The van der Waals surface area contributed by atoms with Crippen LogP contribution >= 0.6 is 0 Å². The Kier molecular flexibility index (Phi) is 6.73. The molecule has 0 amide bonds. The molecule has 0 unspecified atom stereocenters. The lowest BCUT2D eigenvalue weighted by molar-refractivity contribution is -0.894. The van der Waals surface area contributed by atoms with E-state index in [0.29, 0.717) is 0 Å². The maximum absolute atomic E-state index is 2.51. The van der Waals surface area contributed by atoms with E-state index in [1.54, 1.807) is 4.90 Å². The van der Waals surface area contributed by atoms with Gasteiger partial charge in [-0.25, -0.2) is 0 Å². The first-order chi connectivity index (χ1) is 10.6. The minimum Gasteiger partial charge on any atom is -0.360 e. The first-order valence-corrected chi connectivity index (χ1v) is 8.57. The highest BCUT2D eigenvalue weighted by atomic mass is 15.3. The van der Waals surface area contributed by atoms with Crippen molar-refractivity contribution in [2.45, 2.75) is 33.6 Å². The van der Waals surface area contributed by atoms with Gasteiger partial charge in [0.25, 0.3) is 0 Å². The Hall–Kier alpha value is -1.54. The fourth-order valence-corrected chi connectivity index (χ4v) is 2.93. The van der Waals surface area contributed by atoms with Gasteiger partial charge in [-0.15, -0.1) is 0 Å². The van der Waals surface area contributed by atoms with Crippen LogP contribution in [0.5, 0.6) is 0 Å². The molecule has 1 saturated heterocycles. The molecule has 0 aromatic heterocycles. The topological polar surface area (TPSA) is 7.68 Å². The molecule has 0 spiro atoms. The van der Waals surface area contributed by atoms with Crippen LogP contribution in [0.3, 0.4) is 0 Å². The lowest BCUT2D eigenvalue weighted by Crippen LogP contribution is -3.14. The molecule has 0 radical (unpaired) electrons. The molecule has 2 nitrogen and oxygen atoms in total. The summed E-state index contributed by atoms with van der Waals surface area (Å²) in [5.74, 6) is 0. The van der Waals surface area contributed by atoms with Gasteiger partial charge in [0.15, 0.2) is 0 Å². The highest BCUT2D eigenvalue weighted by molar-refractivity contribution is 5.46. The molecule has 1 fully saturated rings. The molecule has 2 heteroatoms. The summed E-state index contributed by atoms with van der Waals surface area (Å²) in [6.45, 7) is 12.6. The van der Waals surface area contributed by atoms with Crippen molar-refractivity contribution in [1.29, 1.82) is 0 Å². The first-order valence-electron chi connectivity index (χ1n) is 8.57. The third-order valence-corrected chi connectivity index (χ3v) is 4.42. The quantitative estimate of drug-likeness (QED) is 0.793. The van der Waals surface area contributed by atoms with Gasteiger partial charge in [0.2, 0.25) is 0 Å². The summed E-state index contributed by atoms with van der Waals surface area (Å²) in [5.41, 5.74) is 4.33. The van der Waals surface area contributed by atoms with Crippen LogP contribution in [0.2, 0.25) is 0 Å². The van der Waals surface area contributed by atoms with Crippen molar-refractivity contribution >= 4 is 5.69 Å². The normalized spacial score (nSPS) is 16.7. The second-order valence-electron chi connectivity index (χ2n) is 6.65. The maximum Gasteiger partial charge on any atom is 0.0961 e. The van der Waals surface area contributed by atoms with Gasteiger partial charge in [-0.1, -0.05) is 35.4 Å². The van der Waals surface area contributed by atoms with Crippen molar-refractivity contribution in [3.63, 3.8) is 0 Å². The van der Waals surface area contributed by atoms with Gasteiger partial charge in [-0.2, -0.15) is 0 Å². The molecule has 1 aliphatic heterocycles. The van der Waals surface area contributed by atoms with Gasteiger partial charge < -0.3 is 9.80 Å². The van der Waals surface area contributed by atoms with Crippen molar-refractivity contribution in [3.05, 3.63) is 53.6 Å². The molecular weight excluding hydrogens is 268 g/mol. The zero-order chi connectivity index (χ0) is 15.8. The Labute approximate surface area is 136 Å². The number of nitrogens with one attached hydrogen (secondary N) is 1. The van der Waals surface area contributed by atoms with E-state index in [2.05, 4.69) is 68.2 Å². The zero-order valence-electron chi connectivity index (χ0n) is 14.4. The molecule has 0 atom stereocenters. The monoisotopic (exact) mass is 299 g/mol. The summed E-state index contributed by atoms with van der Waals surface area (Å²) < 4.78 is 0. The second kappa shape index (κ2) is 8.79. The third-order valence-electron chi connectivity index (χ3n) is 4.42. The third kappa shape index (κ3) is 5.69. The molecule has 120 valence electrons. The first kappa shape index (κ1) is 16.8. The zero-order valence-corrected chi connectivity index (χ0v) is 14.4. The van der Waals surface area contributed by atoms with E-state index in [0.717, 1.165) is 0 Å². The van der Waals surface area contributed by atoms with E-state index >= 15 is 0 Å². The molecule has 1 heterocycles. The highest BCUT2D eigenvalue weighted by Gasteiger charge is 2.18. The summed E-state index contributed by atoms with van der Waals surface area (Å²) in [7, 11) is 0. The van der Waals surface area contributed by atoms with Gasteiger partial charge in [-0.05, 0) is 51.8 Å². The van der Waals surface area contributed by atoms with Crippen molar-refractivity contribution in [1.82, 2.24) is 0 Å². The van der Waals surface area contributed by atoms with E-state index < -0.39 is 0 Å². The van der Waals surface area contributed by atoms with E-state index in [1.165, 1.54) is 62.4 Å². The van der Waals surface area contributed by atoms with Crippen molar-refractivity contribution < 1.29 is 4.90 Å². The number of rotatable bonds is 6. The lowest BCUT2D eigenvalue weighted by Gasteiger charge is -2.33. The van der Waals surface area contributed by atoms with E-state index in [9.17, 15) is 0 Å². The molecule has 1 aliphatic rings. The van der Waals surface area contributed by atoms with E-state index in [-0.39, 0.29) is 0 Å². The Morgan fingerprint density at radius 3 is 2.36 bits per heavy atom. The number of para-hydroxylation sites is 1. The van der Waals surface area contributed by atoms with Crippen molar-refractivity contribution in [3.8, 4) is 0 Å². The maximum atomic E-state index is 2.51. The largest absolute Gasteiger partial charge is 0.360 e. The minimum atomic E-state index is 1.17. The number of piperazine rings is 1. The number of anilines is 1. The summed E-state index contributed by atoms with van der Waals surface area (Å²) in [6, 6.07) is 10.8. The van der Waals surface area contributed by atoms with Crippen molar-refractivity contribution in [2.24, 2.45) is 0 Å². The van der Waals surface area contributed by atoms with Gasteiger partial charge in [-0.3, -0.25) is 0 Å². The Morgan fingerprint density at radius 1 is 1.05 bits per heavy atom.